The van der Waals surface area contributed by atoms with Gasteiger partial charge in [0.05, 0.1) is 0 Å². The lowest BCUT2D eigenvalue weighted by Gasteiger charge is -2.34. The van der Waals surface area contributed by atoms with Gasteiger partial charge < -0.3 is 0 Å². The van der Waals surface area contributed by atoms with Gasteiger partial charge in [-0.15, -0.1) is 0 Å². The van der Waals surface area contributed by atoms with Gasteiger partial charge in [-0.25, -0.2) is 44.9 Å². The number of carbonyl (C=O) groups is 3. The smallest absolute Gasteiger partial charge is 0.193 e. The van der Waals surface area contributed by atoms with Crippen LogP contribution in [0.1, 0.15) is 123 Å². The molecule has 12 nitrogen and oxygen atoms in total. The molecule has 141 heavy (non-hydrogen) atoms. The van der Waals surface area contributed by atoms with E-state index >= 15 is 0 Å². The number of benzene rings is 18. The van der Waals surface area contributed by atoms with E-state index in [1.807, 2.05) is 279 Å². The Labute approximate surface area is 819 Å². The van der Waals surface area contributed by atoms with Crippen molar-refractivity contribution in [3.63, 3.8) is 0 Å². The van der Waals surface area contributed by atoms with Crippen molar-refractivity contribution in [3.05, 3.63) is 522 Å². The first-order valence-electron chi connectivity index (χ1n) is 47.5. The molecule has 0 unspecified atom stereocenters. The van der Waals surface area contributed by atoms with Crippen molar-refractivity contribution < 1.29 is 14.4 Å². The van der Waals surface area contributed by atoms with Crippen molar-refractivity contribution >= 4 is 17.3 Å². The number of hydrogen-bond donors (Lipinski definition) is 0. The third-order valence-electron chi connectivity index (χ3n) is 27.5. The van der Waals surface area contributed by atoms with Crippen LogP contribution in [-0.2, 0) is 16.2 Å². The van der Waals surface area contributed by atoms with Crippen LogP contribution in [0.5, 0.6) is 0 Å². The average molecular weight is 1820 g/mol. The van der Waals surface area contributed by atoms with E-state index in [4.69, 9.17) is 44.9 Å². The summed E-state index contributed by atoms with van der Waals surface area (Å²) < 4.78 is 0. The molecule has 12 heteroatoms. The maximum absolute atomic E-state index is 13.4. The van der Waals surface area contributed by atoms with Gasteiger partial charge in [0.25, 0.3) is 0 Å². The number of hydrogen-bond acceptors (Lipinski definition) is 12. The summed E-state index contributed by atoms with van der Waals surface area (Å²) in [6.45, 7) is 13.2. The van der Waals surface area contributed by atoms with Crippen LogP contribution in [0.25, 0.3) is 169 Å². The molecule has 0 saturated heterocycles. The van der Waals surface area contributed by atoms with E-state index in [2.05, 4.69) is 217 Å². The molecule has 0 amide bonds. The summed E-state index contributed by atoms with van der Waals surface area (Å²) in [5.41, 5.74) is 31.8. The Morgan fingerprint density at radius 3 is 0.603 bits per heavy atom. The minimum Gasteiger partial charge on any atom is -0.289 e. The average Bonchev–Trinajstić information content (AvgIpc) is 0.737. The quantitative estimate of drug-likeness (QED) is 0.0954. The molecule has 0 N–H and O–H groups in total. The Kier molecular flexibility index (Phi) is 23.3. The van der Waals surface area contributed by atoms with Gasteiger partial charge in [-0.3, -0.25) is 14.4 Å². The van der Waals surface area contributed by atoms with Crippen LogP contribution in [0.15, 0.2) is 455 Å². The van der Waals surface area contributed by atoms with E-state index in [0.717, 1.165) is 184 Å². The minimum absolute atomic E-state index is 0.0950. The van der Waals surface area contributed by atoms with Crippen molar-refractivity contribution in [3.8, 4) is 169 Å². The molecule has 0 fully saturated rings. The molecule has 0 aliphatic heterocycles. The summed E-state index contributed by atoms with van der Waals surface area (Å²) in [5.74, 6) is 6.01. The van der Waals surface area contributed by atoms with E-state index in [-0.39, 0.29) is 33.6 Å². The maximum Gasteiger partial charge on any atom is 0.193 e. The van der Waals surface area contributed by atoms with Gasteiger partial charge in [-0.1, -0.05) is 466 Å². The third-order valence-corrected chi connectivity index (χ3v) is 27.5. The second-order valence-electron chi connectivity index (χ2n) is 37.3. The molecule has 3 heterocycles. The highest BCUT2D eigenvalue weighted by molar-refractivity contribution is 6.15. The summed E-state index contributed by atoms with van der Waals surface area (Å²) in [7, 11) is 0. The van der Waals surface area contributed by atoms with Crippen LogP contribution in [0.3, 0.4) is 0 Å². The fourth-order valence-electron chi connectivity index (χ4n) is 19.8. The number of carbonyl (C=O) groups excluding carboxylic acids is 3. The normalized spacial score (nSPS) is 13.1. The lowest BCUT2D eigenvalue weighted by atomic mass is 9.68. The molecule has 0 atom stereocenters. The fourth-order valence-corrected chi connectivity index (χ4v) is 19.8. The van der Waals surface area contributed by atoms with Crippen molar-refractivity contribution in [1.82, 2.24) is 44.9 Å². The van der Waals surface area contributed by atoms with E-state index in [1.54, 1.807) is 0 Å². The number of aromatic nitrogens is 9. The Hall–Kier alpha value is -18.0. The number of ketones is 3. The Balaban J connectivity index is 0.000000121. The summed E-state index contributed by atoms with van der Waals surface area (Å²) in [6, 6.07) is 154. The van der Waals surface area contributed by atoms with Crippen LogP contribution in [0.4, 0.5) is 0 Å². The molecule has 18 aromatic carbocycles. The first-order chi connectivity index (χ1) is 68.9. The first-order valence-corrected chi connectivity index (χ1v) is 47.5. The van der Waals surface area contributed by atoms with E-state index < -0.39 is 0 Å². The van der Waals surface area contributed by atoms with Crippen molar-refractivity contribution in [1.29, 1.82) is 0 Å². The largest absolute Gasteiger partial charge is 0.289 e. The summed E-state index contributed by atoms with van der Waals surface area (Å²) in [5, 5.41) is 0. The maximum atomic E-state index is 13.4. The van der Waals surface area contributed by atoms with Crippen LogP contribution in [0.2, 0.25) is 0 Å². The molecule has 24 rings (SSSR count). The second-order valence-corrected chi connectivity index (χ2v) is 37.3. The molecule has 0 bridgehead atoms. The van der Waals surface area contributed by atoms with Crippen LogP contribution in [0, 0.1) is 0 Å². The molecule has 672 valence electrons. The molecule has 0 spiro atoms. The lowest BCUT2D eigenvalue weighted by Crippen LogP contribution is -2.30. The molecule has 0 radical (unpaired) electrons. The SMILES string of the molecule is CC1(C)c2ccccc2C(=O)c2ccc(-c3ccc(-c4cccc(-c5nc(-c6ccccc6)nc(-c6ccccc6)n5)c4)cc3)cc21.CC1(C)c2ccccc2C(=O)c2ccc(-c3ccc(-c4ccccc4-c4nc(-c5ccccc5)nc(-c5ccccc5)n4)cc3)cc21.CC1(C)c2ccccc2C(=O)c2ccc(-c3cccc(-c4ccc(-c5nc(-c6ccccc6)nc(-c6ccccc6)n5)cc4)c3)cc21. The minimum atomic E-state index is -0.281. The topological polar surface area (TPSA) is 167 Å². The zero-order valence-electron chi connectivity index (χ0n) is 78.6. The molecule has 21 aromatic rings. The highest BCUT2D eigenvalue weighted by atomic mass is 16.1. The van der Waals surface area contributed by atoms with Crippen LogP contribution in [-0.4, -0.2) is 62.2 Å². The number of fused-ring (bicyclic) bond motifs is 6. The molecular weight excluding hydrogens is 1720 g/mol. The highest BCUT2D eigenvalue weighted by Crippen LogP contribution is 2.48. The Bertz CT molecular complexity index is 8210. The van der Waals surface area contributed by atoms with Gasteiger partial charge >= 0.3 is 0 Å². The first kappa shape index (κ1) is 88.3. The van der Waals surface area contributed by atoms with Gasteiger partial charge in [0.15, 0.2) is 69.8 Å². The van der Waals surface area contributed by atoms with Crippen molar-refractivity contribution in [2.45, 2.75) is 57.8 Å². The molecule has 3 aliphatic rings. The van der Waals surface area contributed by atoms with E-state index in [1.165, 1.54) is 0 Å². The molecule has 0 saturated carbocycles. The van der Waals surface area contributed by atoms with Crippen molar-refractivity contribution in [2.24, 2.45) is 0 Å². The molecule has 3 aliphatic carbocycles. The summed E-state index contributed by atoms with van der Waals surface area (Å²) in [6.07, 6.45) is 0. The lowest BCUT2D eigenvalue weighted by molar-refractivity contribution is 0.102. The van der Waals surface area contributed by atoms with Gasteiger partial charge in [-0.05, 0) is 130 Å². The Morgan fingerprint density at radius 2 is 0.305 bits per heavy atom. The molecule has 3 aromatic heterocycles. The predicted molar refractivity (Wildman–Crippen MR) is 567 cm³/mol. The molecular formula is C129H93N9O3. The van der Waals surface area contributed by atoms with Gasteiger partial charge in [0.1, 0.15) is 0 Å². The predicted octanol–water partition coefficient (Wildman–Crippen LogP) is 30.2. The van der Waals surface area contributed by atoms with Gasteiger partial charge in [-0.2, -0.15) is 0 Å². The number of rotatable bonds is 15. The zero-order chi connectivity index (χ0) is 95.9. The third kappa shape index (κ3) is 17.3. The van der Waals surface area contributed by atoms with E-state index in [0.29, 0.717) is 52.4 Å². The van der Waals surface area contributed by atoms with Crippen LogP contribution < -0.4 is 0 Å². The van der Waals surface area contributed by atoms with E-state index in [9.17, 15) is 14.4 Å². The fraction of sp³-hybridized carbons (Fsp3) is 0.0698. The summed E-state index contributed by atoms with van der Waals surface area (Å²) in [4.78, 5) is 84.1. The summed E-state index contributed by atoms with van der Waals surface area (Å²) >= 11 is 0. The zero-order valence-corrected chi connectivity index (χ0v) is 78.6. The standard InChI is InChI=1S/3C43H31N3O/c1-43(2)37-20-12-11-19-35(37)39(47)36-26-25-32(27-38(36)43)28-21-23-29(24-22-28)33-17-9-10-18-34(33)42-45-40(30-13-5-3-6-14-30)44-41(46-42)31-15-7-4-8-16-31;1-43(2)37-19-10-9-18-35(37)39(47)36-25-24-33(27-38(36)43)29-22-20-28(21-23-29)32-16-11-17-34(26-32)42-45-40(30-12-5-3-6-13-30)44-41(46-42)31-14-7-4-8-15-31;1-43(2)37-19-10-9-18-35(37)39(47)36-25-24-34(27-38(36)43)33-17-11-16-32(26-33)28-20-22-31(23-21-28)42-45-40(29-12-5-3-6-13-29)44-41(46-42)30-14-7-4-8-15-30/h3*3-27H,1-2H3. The second kappa shape index (κ2) is 37.2. The highest BCUT2D eigenvalue weighted by Gasteiger charge is 2.40. The monoisotopic (exact) mass is 1820 g/mol. The number of nitrogens with zero attached hydrogens (tertiary/aromatic N) is 9. The van der Waals surface area contributed by atoms with Crippen LogP contribution >= 0.6 is 0 Å². The van der Waals surface area contributed by atoms with Gasteiger partial charge in [0.2, 0.25) is 0 Å². The van der Waals surface area contributed by atoms with Crippen molar-refractivity contribution in [2.75, 3.05) is 0 Å². The van der Waals surface area contributed by atoms with Gasteiger partial charge in [0, 0.05) is 99.7 Å². The Morgan fingerprint density at radius 1 is 0.128 bits per heavy atom.